The minimum atomic E-state index is -0.641. The van der Waals surface area contributed by atoms with Gasteiger partial charge in [-0.15, -0.1) is 0 Å². The van der Waals surface area contributed by atoms with Gasteiger partial charge in [-0.3, -0.25) is 14.9 Å². The van der Waals surface area contributed by atoms with E-state index in [0.29, 0.717) is 15.2 Å². The molecule has 8 heteroatoms. The summed E-state index contributed by atoms with van der Waals surface area (Å²) in [5.41, 5.74) is 0.192. The van der Waals surface area contributed by atoms with E-state index < -0.39 is 10.8 Å². The van der Waals surface area contributed by atoms with Gasteiger partial charge < -0.3 is 5.32 Å². The first-order chi connectivity index (χ1) is 9.90. The van der Waals surface area contributed by atoms with Crippen molar-refractivity contribution >= 4 is 56.4 Å². The molecule has 1 amide bonds. The smallest absolute Gasteiger partial charge is 0.288 e. The van der Waals surface area contributed by atoms with E-state index in [0.717, 1.165) is 0 Å². The molecule has 0 aliphatic heterocycles. The Morgan fingerprint density at radius 3 is 2.57 bits per heavy atom. The molecule has 0 atom stereocenters. The van der Waals surface area contributed by atoms with Crippen molar-refractivity contribution in [3.63, 3.8) is 0 Å². The summed E-state index contributed by atoms with van der Waals surface area (Å²) in [6.45, 7) is 0. The second-order valence-electron chi connectivity index (χ2n) is 3.98. The molecular formula is C13H7BrCl2N2O3. The molecule has 0 spiro atoms. The van der Waals surface area contributed by atoms with Gasteiger partial charge in [0.15, 0.2) is 0 Å². The Bertz CT molecular complexity index is 737. The van der Waals surface area contributed by atoms with Crippen LogP contribution in [0.1, 0.15) is 10.4 Å². The number of nitro benzene ring substituents is 1. The summed E-state index contributed by atoms with van der Waals surface area (Å²) in [7, 11) is 0. The number of carbonyl (C=O) groups is 1. The lowest BCUT2D eigenvalue weighted by Crippen LogP contribution is -2.13. The van der Waals surface area contributed by atoms with Crippen LogP contribution in [0.2, 0.25) is 10.0 Å². The van der Waals surface area contributed by atoms with Crippen LogP contribution >= 0.6 is 39.1 Å². The van der Waals surface area contributed by atoms with Gasteiger partial charge in [0.05, 0.1) is 15.5 Å². The third kappa shape index (κ3) is 3.53. The molecule has 5 nitrogen and oxygen atoms in total. The van der Waals surface area contributed by atoms with Crippen LogP contribution in [0.3, 0.4) is 0 Å². The van der Waals surface area contributed by atoms with E-state index >= 15 is 0 Å². The minimum absolute atomic E-state index is 0.0249. The van der Waals surface area contributed by atoms with E-state index in [9.17, 15) is 14.9 Å². The maximum Gasteiger partial charge on any atom is 0.288 e. The first kappa shape index (κ1) is 15.8. The van der Waals surface area contributed by atoms with Gasteiger partial charge in [-0.25, -0.2) is 0 Å². The number of rotatable bonds is 3. The summed E-state index contributed by atoms with van der Waals surface area (Å²) in [6.07, 6.45) is 0. The van der Waals surface area contributed by atoms with E-state index in [1.807, 2.05) is 0 Å². The molecule has 0 saturated carbocycles. The van der Waals surface area contributed by atoms with Gasteiger partial charge in [0, 0.05) is 16.2 Å². The lowest BCUT2D eigenvalue weighted by Gasteiger charge is -2.08. The molecule has 0 bridgehead atoms. The van der Waals surface area contributed by atoms with Crippen LogP contribution in [0.15, 0.2) is 40.9 Å². The van der Waals surface area contributed by atoms with Gasteiger partial charge in [0.2, 0.25) is 0 Å². The fourth-order valence-electron chi connectivity index (χ4n) is 1.61. The maximum absolute atomic E-state index is 12.1. The largest absolute Gasteiger partial charge is 0.322 e. The molecule has 0 fully saturated rings. The highest BCUT2D eigenvalue weighted by Crippen LogP contribution is 2.29. The Balaban J connectivity index is 2.30. The quantitative estimate of drug-likeness (QED) is 0.598. The first-order valence-corrected chi connectivity index (χ1v) is 7.14. The maximum atomic E-state index is 12.1. The van der Waals surface area contributed by atoms with Gasteiger partial charge in [-0.1, -0.05) is 29.3 Å². The minimum Gasteiger partial charge on any atom is -0.322 e. The summed E-state index contributed by atoms with van der Waals surface area (Å²) in [6, 6.07) is 8.88. The molecule has 0 aromatic heterocycles. The van der Waals surface area contributed by atoms with E-state index in [1.165, 1.54) is 18.2 Å². The molecule has 2 aromatic carbocycles. The summed E-state index contributed by atoms with van der Waals surface area (Å²) < 4.78 is 0.618. The molecule has 0 unspecified atom stereocenters. The number of nitrogens with one attached hydrogen (secondary N) is 1. The van der Waals surface area contributed by atoms with Crippen molar-refractivity contribution in [3.05, 3.63) is 66.6 Å². The van der Waals surface area contributed by atoms with Crippen molar-refractivity contribution in [2.45, 2.75) is 0 Å². The van der Waals surface area contributed by atoms with Gasteiger partial charge in [0.1, 0.15) is 5.02 Å². The predicted octanol–water partition coefficient (Wildman–Crippen LogP) is 4.92. The fraction of sp³-hybridized carbons (Fsp3) is 0. The molecule has 108 valence electrons. The standard InChI is InChI=1S/C13H7BrCl2N2O3/c14-9-6-7(4-5-10(9)15)17-13(19)8-2-1-3-11(12(8)16)18(20)21/h1-6H,(H,17,19). The predicted molar refractivity (Wildman–Crippen MR) is 85.2 cm³/mol. The summed E-state index contributed by atoms with van der Waals surface area (Å²) >= 11 is 15.0. The molecule has 0 saturated heterocycles. The molecule has 2 rings (SSSR count). The molecule has 2 aromatic rings. The first-order valence-electron chi connectivity index (χ1n) is 5.59. The number of hydrogen-bond acceptors (Lipinski definition) is 3. The highest BCUT2D eigenvalue weighted by Gasteiger charge is 2.20. The number of anilines is 1. The van der Waals surface area contributed by atoms with Crippen molar-refractivity contribution in [2.24, 2.45) is 0 Å². The van der Waals surface area contributed by atoms with Gasteiger partial charge in [-0.05, 0) is 40.2 Å². The number of nitrogens with zero attached hydrogens (tertiary/aromatic N) is 1. The van der Waals surface area contributed by atoms with Crippen LogP contribution in [0, 0.1) is 10.1 Å². The second-order valence-corrected chi connectivity index (χ2v) is 5.62. The molecular weight excluding hydrogens is 383 g/mol. The highest BCUT2D eigenvalue weighted by molar-refractivity contribution is 9.10. The van der Waals surface area contributed by atoms with Crippen molar-refractivity contribution in [1.29, 1.82) is 0 Å². The number of benzene rings is 2. The number of amides is 1. The van der Waals surface area contributed by atoms with E-state index in [1.54, 1.807) is 18.2 Å². The Morgan fingerprint density at radius 1 is 1.24 bits per heavy atom. The highest BCUT2D eigenvalue weighted by atomic mass is 79.9. The molecule has 0 heterocycles. The van der Waals surface area contributed by atoms with Crippen LogP contribution in [-0.2, 0) is 0 Å². The fourth-order valence-corrected chi connectivity index (χ4v) is 2.39. The Kier molecular flexibility index (Phi) is 4.82. The monoisotopic (exact) mass is 388 g/mol. The Hall–Kier alpha value is -1.63. The molecule has 1 N–H and O–H groups in total. The van der Waals surface area contributed by atoms with E-state index in [2.05, 4.69) is 21.2 Å². The lowest BCUT2D eigenvalue weighted by atomic mass is 10.2. The van der Waals surface area contributed by atoms with Crippen molar-refractivity contribution in [1.82, 2.24) is 0 Å². The lowest BCUT2D eigenvalue weighted by molar-refractivity contribution is -0.384. The zero-order valence-corrected chi connectivity index (χ0v) is 13.4. The van der Waals surface area contributed by atoms with Crippen LogP contribution in [-0.4, -0.2) is 10.8 Å². The number of nitro groups is 1. The number of carbonyl (C=O) groups excluding carboxylic acids is 1. The normalized spacial score (nSPS) is 10.2. The van der Waals surface area contributed by atoms with Crippen LogP contribution in [0.4, 0.5) is 11.4 Å². The number of halogens is 3. The third-order valence-corrected chi connectivity index (χ3v) is 4.21. The van der Waals surface area contributed by atoms with Crippen molar-refractivity contribution < 1.29 is 9.72 Å². The van der Waals surface area contributed by atoms with Crippen LogP contribution in [0.5, 0.6) is 0 Å². The molecule has 0 radical (unpaired) electrons. The number of hydrogen-bond donors (Lipinski definition) is 1. The third-order valence-electron chi connectivity index (χ3n) is 2.60. The average Bonchev–Trinajstić information content (AvgIpc) is 2.42. The van der Waals surface area contributed by atoms with Crippen molar-refractivity contribution in [3.8, 4) is 0 Å². The van der Waals surface area contributed by atoms with E-state index in [-0.39, 0.29) is 16.3 Å². The Morgan fingerprint density at radius 2 is 1.95 bits per heavy atom. The molecule has 0 aliphatic carbocycles. The van der Waals surface area contributed by atoms with E-state index in [4.69, 9.17) is 23.2 Å². The Labute approximate surface area is 138 Å². The van der Waals surface area contributed by atoms with Gasteiger partial charge in [-0.2, -0.15) is 0 Å². The van der Waals surface area contributed by atoms with Gasteiger partial charge in [0.25, 0.3) is 11.6 Å². The van der Waals surface area contributed by atoms with Crippen LogP contribution in [0.25, 0.3) is 0 Å². The van der Waals surface area contributed by atoms with Crippen molar-refractivity contribution in [2.75, 3.05) is 5.32 Å². The van der Waals surface area contributed by atoms with Gasteiger partial charge >= 0.3 is 0 Å². The average molecular weight is 390 g/mol. The topological polar surface area (TPSA) is 72.2 Å². The summed E-state index contributed by atoms with van der Waals surface area (Å²) in [5.74, 6) is -0.544. The summed E-state index contributed by atoms with van der Waals surface area (Å²) in [4.78, 5) is 22.3. The van der Waals surface area contributed by atoms with Crippen LogP contribution < -0.4 is 5.32 Å². The molecule has 21 heavy (non-hydrogen) atoms. The summed E-state index contributed by atoms with van der Waals surface area (Å²) in [5, 5.41) is 13.7. The zero-order valence-electron chi connectivity index (χ0n) is 10.3. The zero-order chi connectivity index (χ0) is 15.6. The molecule has 0 aliphatic rings. The second kappa shape index (κ2) is 6.43. The SMILES string of the molecule is O=C(Nc1ccc(Cl)c(Br)c1)c1cccc([N+](=O)[O-])c1Cl.